The Hall–Kier alpha value is -4.85. The Balaban J connectivity index is 1.41. The Bertz CT molecular complexity index is 1740. The summed E-state index contributed by atoms with van der Waals surface area (Å²) in [6.45, 7) is 5.34. The van der Waals surface area contributed by atoms with E-state index >= 15 is 0 Å². The van der Waals surface area contributed by atoms with Crippen LogP contribution in [0.25, 0.3) is 21.9 Å². The maximum Gasteiger partial charge on any atom is 0.408 e. The number of alkyl carbamates (subject to hydrolysis) is 1. The molecule has 8 heteroatoms. The van der Waals surface area contributed by atoms with Crippen LogP contribution in [0.5, 0.6) is 5.75 Å². The number of hydrogen-bond acceptors (Lipinski definition) is 6. The summed E-state index contributed by atoms with van der Waals surface area (Å²) in [5, 5.41) is 4.37. The van der Waals surface area contributed by atoms with Crippen LogP contribution in [0, 0.1) is 20.8 Å². The summed E-state index contributed by atoms with van der Waals surface area (Å²) in [5.41, 5.74) is 4.34. The third kappa shape index (κ3) is 5.40. The molecule has 0 bridgehead atoms. The van der Waals surface area contributed by atoms with Gasteiger partial charge in [0.25, 0.3) is 0 Å². The minimum atomic E-state index is -1.05. The van der Waals surface area contributed by atoms with Crippen molar-refractivity contribution < 1.29 is 23.5 Å². The second-order valence-corrected chi connectivity index (χ2v) is 9.45. The predicted octanol–water partition coefficient (Wildman–Crippen LogP) is 5.64. The van der Waals surface area contributed by atoms with Crippen LogP contribution < -0.4 is 15.7 Å². The largest absolute Gasteiger partial charge is 0.445 e. The monoisotopic (exact) mass is 524 g/mol. The smallest absolute Gasteiger partial charge is 0.408 e. The molecule has 0 saturated heterocycles. The van der Waals surface area contributed by atoms with E-state index in [2.05, 4.69) is 10.3 Å². The molecule has 39 heavy (non-hydrogen) atoms. The highest BCUT2D eigenvalue weighted by molar-refractivity contribution is 5.89. The summed E-state index contributed by atoms with van der Waals surface area (Å²) in [4.78, 5) is 41.7. The lowest BCUT2D eigenvalue weighted by molar-refractivity contribution is -0.136. The molecule has 2 aromatic heterocycles. The van der Waals surface area contributed by atoms with Crippen LogP contribution in [0.4, 0.5) is 4.79 Å². The number of ether oxygens (including phenoxy) is 2. The molecule has 0 spiro atoms. The molecule has 0 aliphatic heterocycles. The SMILES string of the molecule is Cc1c(C)c2ccc(OC(=O)[C@H](Cc3c[nH]c4ccccc34)NC(=O)OCc3ccccc3)c(C)c2oc1=O. The summed E-state index contributed by atoms with van der Waals surface area (Å²) >= 11 is 0. The van der Waals surface area contributed by atoms with Crippen molar-refractivity contribution in [3.8, 4) is 5.75 Å². The van der Waals surface area contributed by atoms with E-state index in [1.165, 1.54) is 0 Å². The number of carbonyl (C=O) groups excluding carboxylic acids is 2. The van der Waals surface area contributed by atoms with Crippen molar-refractivity contribution in [1.82, 2.24) is 10.3 Å². The number of aromatic amines is 1. The van der Waals surface area contributed by atoms with E-state index in [0.717, 1.165) is 33.0 Å². The number of nitrogens with one attached hydrogen (secondary N) is 2. The highest BCUT2D eigenvalue weighted by Crippen LogP contribution is 2.30. The van der Waals surface area contributed by atoms with Gasteiger partial charge in [-0.05, 0) is 55.7 Å². The Labute approximate surface area is 224 Å². The second kappa shape index (κ2) is 10.9. The van der Waals surface area contributed by atoms with E-state index in [9.17, 15) is 14.4 Å². The van der Waals surface area contributed by atoms with Gasteiger partial charge in [-0.15, -0.1) is 0 Å². The zero-order chi connectivity index (χ0) is 27.5. The number of fused-ring (bicyclic) bond motifs is 2. The van der Waals surface area contributed by atoms with Crippen LogP contribution >= 0.6 is 0 Å². The van der Waals surface area contributed by atoms with Crippen molar-refractivity contribution in [3.63, 3.8) is 0 Å². The first-order chi connectivity index (χ1) is 18.8. The van der Waals surface area contributed by atoms with Crippen molar-refractivity contribution >= 4 is 33.9 Å². The van der Waals surface area contributed by atoms with Gasteiger partial charge in [-0.2, -0.15) is 0 Å². The molecule has 2 heterocycles. The number of amides is 1. The van der Waals surface area contributed by atoms with Crippen LogP contribution in [0.3, 0.4) is 0 Å². The van der Waals surface area contributed by atoms with Gasteiger partial charge < -0.3 is 24.2 Å². The maximum absolute atomic E-state index is 13.5. The summed E-state index contributed by atoms with van der Waals surface area (Å²) < 4.78 is 16.7. The minimum absolute atomic E-state index is 0.0586. The summed E-state index contributed by atoms with van der Waals surface area (Å²) in [5.74, 6) is -0.437. The number of esters is 1. The van der Waals surface area contributed by atoms with Gasteiger partial charge in [-0.3, -0.25) is 0 Å². The fourth-order valence-electron chi connectivity index (χ4n) is 4.54. The number of hydrogen-bond donors (Lipinski definition) is 2. The topological polar surface area (TPSA) is 111 Å². The van der Waals surface area contributed by atoms with Crippen molar-refractivity contribution in [2.75, 3.05) is 0 Å². The number of carbonyl (C=O) groups is 2. The van der Waals surface area contributed by atoms with E-state index in [-0.39, 0.29) is 18.8 Å². The van der Waals surface area contributed by atoms with Crippen molar-refractivity contribution in [3.05, 3.63) is 111 Å². The molecule has 5 aromatic rings. The molecule has 0 unspecified atom stereocenters. The molecule has 0 saturated carbocycles. The molecule has 198 valence electrons. The van der Waals surface area contributed by atoms with Gasteiger partial charge in [0.1, 0.15) is 24.0 Å². The Kier molecular flexibility index (Phi) is 7.19. The van der Waals surface area contributed by atoms with Gasteiger partial charge in [-0.1, -0.05) is 48.5 Å². The lowest BCUT2D eigenvalue weighted by atomic mass is 10.0. The predicted molar refractivity (Wildman–Crippen MR) is 148 cm³/mol. The first-order valence-corrected chi connectivity index (χ1v) is 12.6. The van der Waals surface area contributed by atoms with Crippen LogP contribution in [-0.2, 0) is 22.6 Å². The Morgan fingerprint density at radius 2 is 1.64 bits per heavy atom. The van der Waals surface area contributed by atoms with E-state index in [4.69, 9.17) is 13.9 Å². The number of aryl methyl sites for hydroxylation is 2. The van der Waals surface area contributed by atoms with Gasteiger partial charge in [0, 0.05) is 40.0 Å². The lowest BCUT2D eigenvalue weighted by Crippen LogP contribution is -2.44. The number of aromatic nitrogens is 1. The van der Waals surface area contributed by atoms with Gasteiger partial charge in [0.2, 0.25) is 0 Å². The highest BCUT2D eigenvalue weighted by atomic mass is 16.6. The molecular formula is C31H28N2O6. The minimum Gasteiger partial charge on any atom is -0.445 e. The average Bonchev–Trinajstić information content (AvgIpc) is 3.35. The lowest BCUT2D eigenvalue weighted by Gasteiger charge is -2.18. The van der Waals surface area contributed by atoms with Gasteiger partial charge in [0.05, 0.1) is 0 Å². The third-order valence-electron chi connectivity index (χ3n) is 6.92. The number of benzene rings is 3. The van der Waals surface area contributed by atoms with Crippen LogP contribution in [-0.4, -0.2) is 23.1 Å². The molecule has 0 aliphatic carbocycles. The summed E-state index contributed by atoms with van der Waals surface area (Å²) in [6.07, 6.45) is 1.24. The number of rotatable bonds is 7. The van der Waals surface area contributed by atoms with E-state index < -0.39 is 23.7 Å². The first-order valence-electron chi connectivity index (χ1n) is 12.6. The first kappa shape index (κ1) is 25.8. The Morgan fingerprint density at radius 3 is 2.44 bits per heavy atom. The maximum atomic E-state index is 13.5. The molecular weight excluding hydrogens is 496 g/mol. The molecule has 0 fully saturated rings. The van der Waals surface area contributed by atoms with E-state index in [1.807, 2.05) is 67.7 Å². The molecule has 0 aliphatic rings. The summed E-state index contributed by atoms with van der Waals surface area (Å²) in [7, 11) is 0. The fourth-order valence-corrected chi connectivity index (χ4v) is 4.54. The standard InChI is InChI=1S/C31H28N2O6/c1-18-19(2)29(34)39-28-20(3)27(14-13-23(18)28)38-30(35)26(15-22-16-32-25-12-8-7-11-24(22)25)33-31(36)37-17-21-9-5-4-6-10-21/h4-14,16,26,32H,15,17H2,1-3H3,(H,33,36)/t26-/m0/s1. The van der Waals surface area contributed by atoms with Crippen molar-refractivity contribution in [2.24, 2.45) is 0 Å². The summed E-state index contributed by atoms with van der Waals surface area (Å²) in [6, 6.07) is 19.3. The molecule has 3 aromatic carbocycles. The quantitative estimate of drug-likeness (QED) is 0.162. The van der Waals surface area contributed by atoms with Crippen LogP contribution in [0.1, 0.15) is 27.8 Å². The molecule has 2 N–H and O–H groups in total. The van der Waals surface area contributed by atoms with E-state index in [1.54, 1.807) is 26.0 Å². The van der Waals surface area contributed by atoms with Crippen molar-refractivity contribution in [1.29, 1.82) is 0 Å². The van der Waals surface area contributed by atoms with Crippen LogP contribution in [0.2, 0.25) is 0 Å². The van der Waals surface area contributed by atoms with Crippen LogP contribution in [0.15, 0.2) is 82.1 Å². The fraction of sp³-hybridized carbons (Fsp3) is 0.194. The van der Waals surface area contributed by atoms with Crippen molar-refractivity contribution in [2.45, 2.75) is 39.8 Å². The zero-order valence-electron chi connectivity index (χ0n) is 21.9. The third-order valence-corrected chi connectivity index (χ3v) is 6.92. The Morgan fingerprint density at radius 1 is 0.897 bits per heavy atom. The zero-order valence-corrected chi connectivity index (χ0v) is 21.9. The molecule has 1 amide bonds. The average molecular weight is 525 g/mol. The molecule has 1 atom stereocenters. The number of para-hydroxylation sites is 1. The highest BCUT2D eigenvalue weighted by Gasteiger charge is 2.26. The van der Waals surface area contributed by atoms with Gasteiger partial charge in [-0.25, -0.2) is 14.4 Å². The normalized spacial score (nSPS) is 11.9. The molecule has 0 radical (unpaired) electrons. The second-order valence-electron chi connectivity index (χ2n) is 9.45. The van der Waals surface area contributed by atoms with Gasteiger partial charge >= 0.3 is 17.7 Å². The molecule has 8 nitrogen and oxygen atoms in total. The number of H-pyrrole nitrogens is 1. The van der Waals surface area contributed by atoms with E-state index in [0.29, 0.717) is 16.7 Å². The molecule has 5 rings (SSSR count). The van der Waals surface area contributed by atoms with Gasteiger partial charge in [0.15, 0.2) is 0 Å².